The van der Waals surface area contributed by atoms with Crippen molar-refractivity contribution in [3.8, 4) is 0 Å². The molecule has 1 saturated heterocycles. The number of carbonyl (C=O) groups is 1. The number of urea groups is 1. The van der Waals surface area contributed by atoms with Crippen LogP contribution in [0.1, 0.15) is 41.7 Å². The van der Waals surface area contributed by atoms with E-state index in [2.05, 4.69) is 15.4 Å². The number of aryl methyl sites for hydroxylation is 2. The molecule has 1 atom stereocenters. The number of furan rings is 1. The normalized spacial score (nSPS) is 16.1. The minimum Gasteiger partial charge on any atom is -0.468 e. The van der Waals surface area contributed by atoms with Crippen molar-refractivity contribution in [2.24, 2.45) is 0 Å². The zero-order valence-corrected chi connectivity index (χ0v) is 15.1. The van der Waals surface area contributed by atoms with Gasteiger partial charge in [0.25, 0.3) is 0 Å². The molecule has 136 valence electrons. The van der Waals surface area contributed by atoms with Gasteiger partial charge in [0.2, 0.25) is 0 Å². The molecule has 0 saturated carbocycles. The first kappa shape index (κ1) is 17.5. The SMILES string of the molecule is Cc1noc(C)c1CN(C)C(=O)NCC(c1ccco1)N1CCCC1. The highest BCUT2D eigenvalue weighted by molar-refractivity contribution is 5.73. The van der Waals surface area contributed by atoms with Crippen LogP contribution < -0.4 is 5.32 Å². The van der Waals surface area contributed by atoms with E-state index >= 15 is 0 Å². The van der Waals surface area contributed by atoms with Crippen LogP contribution in [0.2, 0.25) is 0 Å². The molecule has 2 amide bonds. The molecule has 1 N–H and O–H groups in total. The van der Waals surface area contributed by atoms with Gasteiger partial charge in [0.15, 0.2) is 0 Å². The molecule has 2 aromatic rings. The third-order valence-electron chi connectivity index (χ3n) is 4.82. The topological polar surface area (TPSA) is 74.8 Å². The highest BCUT2D eigenvalue weighted by atomic mass is 16.5. The molecule has 1 unspecified atom stereocenters. The quantitative estimate of drug-likeness (QED) is 0.870. The summed E-state index contributed by atoms with van der Waals surface area (Å²) in [6.07, 6.45) is 4.07. The van der Waals surface area contributed by atoms with Gasteiger partial charge in [-0.05, 0) is 51.9 Å². The predicted octanol–water partition coefficient (Wildman–Crippen LogP) is 2.86. The Hall–Kier alpha value is -2.28. The number of carbonyl (C=O) groups excluding carboxylic acids is 1. The average molecular weight is 346 g/mol. The Morgan fingerprint density at radius 3 is 2.76 bits per heavy atom. The average Bonchev–Trinajstić information content (AvgIpc) is 3.35. The van der Waals surface area contributed by atoms with Crippen LogP contribution in [0.4, 0.5) is 4.79 Å². The third-order valence-corrected chi connectivity index (χ3v) is 4.82. The second kappa shape index (κ2) is 7.74. The molecule has 0 spiro atoms. The maximum absolute atomic E-state index is 12.5. The first-order chi connectivity index (χ1) is 12.1. The number of rotatable bonds is 6. The van der Waals surface area contributed by atoms with Gasteiger partial charge in [0.05, 0.1) is 24.5 Å². The van der Waals surface area contributed by atoms with Crippen LogP contribution in [0.5, 0.6) is 0 Å². The molecule has 0 radical (unpaired) electrons. The largest absolute Gasteiger partial charge is 0.468 e. The standard InChI is InChI=1S/C18H26N4O3/c1-13-15(14(2)25-20-13)12-21(3)18(23)19-11-16(17-7-6-10-24-17)22-8-4-5-9-22/h6-7,10,16H,4-5,8-9,11-12H2,1-3H3,(H,19,23). The summed E-state index contributed by atoms with van der Waals surface area (Å²) in [5.41, 5.74) is 1.78. The van der Waals surface area contributed by atoms with E-state index < -0.39 is 0 Å². The molecule has 1 aliphatic heterocycles. The molecular weight excluding hydrogens is 320 g/mol. The monoisotopic (exact) mass is 346 g/mol. The minimum atomic E-state index is -0.115. The minimum absolute atomic E-state index is 0.0777. The summed E-state index contributed by atoms with van der Waals surface area (Å²) in [5.74, 6) is 1.65. The van der Waals surface area contributed by atoms with Gasteiger partial charge < -0.3 is 19.2 Å². The third kappa shape index (κ3) is 4.04. The molecule has 0 aromatic carbocycles. The van der Waals surface area contributed by atoms with Gasteiger partial charge in [-0.3, -0.25) is 4.90 Å². The molecule has 1 aliphatic rings. The molecule has 0 bridgehead atoms. The fourth-order valence-corrected chi connectivity index (χ4v) is 3.30. The second-order valence-electron chi connectivity index (χ2n) is 6.62. The molecule has 1 fully saturated rings. The number of hydrogen-bond donors (Lipinski definition) is 1. The molecule has 2 aromatic heterocycles. The van der Waals surface area contributed by atoms with Gasteiger partial charge in [-0.15, -0.1) is 0 Å². The molecule has 0 aliphatic carbocycles. The Kier molecular flexibility index (Phi) is 5.43. The number of nitrogens with one attached hydrogen (secondary N) is 1. The van der Waals surface area contributed by atoms with Gasteiger partial charge >= 0.3 is 6.03 Å². The van der Waals surface area contributed by atoms with Crippen molar-refractivity contribution < 1.29 is 13.7 Å². The van der Waals surface area contributed by atoms with E-state index in [1.807, 2.05) is 26.0 Å². The Morgan fingerprint density at radius 2 is 2.16 bits per heavy atom. The van der Waals surface area contributed by atoms with E-state index in [0.29, 0.717) is 13.1 Å². The van der Waals surface area contributed by atoms with E-state index in [-0.39, 0.29) is 12.1 Å². The maximum atomic E-state index is 12.5. The fraction of sp³-hybridized carbons (Fsp3) is 0.556. The van der Waals surface area contributed by atoms with Crippen LogP contribution in [0.15, 0.2) is 27.3 Å². The Morgan fingerprint density at radius 1 is 1.40 bits per heavy atom. The molecule has 7 nitrogen and oxygen atoms in total. The number of hydrogen-bond acceptors (Lipinski definition) is 5. The summed E-state index contributed by atoms with van der Waals surface area (Å²) in [6, 6.07) is 3.83. The lowest BCUT2D eigenvalue weighted by Gasteiger charge is -2.27. The first-order valence-corrected chi connectivity index (χ1v) is 8.74. The number of amides is 2. The lowest BCUT2D eigenvalue weighted by Crippen LogP contribution is -2.42. The van der Waals surface area contributed by atoms with Gasteiger partial charge in [-0.25, -0.2) is 4.79 Å². The second-order valence-corrected chi connectivity index (χ2v) is 6.62. The van der Waals surface area contributed by atoms with Crippen LogP contribution in [0, 0.1) is 13.8 Å². The van der Waals surface area contributed by atoms with Gasteiger partial charge in [0, 0.05) is 19.2 Å². The van der Waals surface area contributed by atoms with Crippen LogP contribution in [-0.4, -0.2) is 47.7 Å². The predicted molar refractivity (Wildman–Crippen MR) is 93.1 cm³/mol. The van der Waals surface area contributed by atoms with E-state index in [9.17, 15) is 4.79 Å². The van der Waals surface area contributed by atoms with Crippen molar-refractivity contribution in [3.05, 3.63) is 41.2 Å². The Bertz CT molecular complexity index is 670. The number of nitrogens with zero attached hydrogens (tertiary/aromatic N) is 3. The molecule has 25 heavy (non-hydrogen) atoms. The van der Waals surface area contributed by atoms with Crippen molar-refractivity contribution in [1.82, 2.24) is 20.3 Å². The highest BCUT2D eigenvalue weighted by Gasteiger charge is 2.26. The Labute approximate surface area is 147 Å². The summed E-state index contributed by atoms with van der Waals surface area (Å²) in [5, 5.41) is 6.97. The zero-order chi connectivity index (χ0) is 17.8. The number of aromatic nitrogens is 1. The number of likely N-dealkylation sites (tertiary alicyclic amines) is 1. The van der Waals surface area contributed by atoms with Crippen molar-refractivity contribution >= 4 is 6.03 Å². The van der Waals surface area contributed by atoms with Crippen LogP contribution in [0.3, 0.4) is 0 Å². The summed E-state index contributed by atoms with van der Waals surface area (Å²) in [7, 11) is 1.78. The van der Waals surface area contributed by atoms with E-state index in [4.69, 9.17) is 8.94 Å². The lowest BCUT2D eigenvalue weighted by molar-refractivity contribution is 0.186. The smallest absolute Gasteiger partial charge is 0.317 e. The van der Waals surface area contributed by atoms with Crippen LogP contribution in [-0.2, 0) is 6.54 Å². The summed E-state index contributed by atoms with van der Waals surface area (Å²) < 4.78 is 10.8. The van der Waals surface area contributed by atoms with Crippen molar-refractivity contribution in [2.75, 3.05) is 26.7 Å². The molecular formula is C18H26N4O3. The molecule has 7 heteroatoms. The lowest BCUT2D eigenvalue weighted by atomic mass is 10.2. The highest BCUT2D eigenvalue weighted by Crippen LogP contribution is 2.25. The van der Waals surface area contributed by atoms with E-state index in [1.165, 1.54) is 12.8 Å². The van der Waals surface area contributed by atoms with Crippen molar-refractivity contribution in [2.45, 2.75) is 39.3 Å². The van der Waals surface area contributed by atoms with E-state index in [0.717, 1.165) is 35.9 Å². The molecule has 3 rings (SSSR count). The van der Waals surface area contributed by atoms with Crippen molar-refractivity contribution in [1.29, 1.82) is 0 Å². The van der Waals surface area contributed by atoms with Gasteiger partial charge in [-0.2, -0.15) is 0 Å². The van der Waals surface area contributed by atoms with Gasteiger partial charge in [-0.1, -0.05) is 5.16 Å². The maximum Gasteiger partial charge on any atom is 0.317 e. The fourth-order valence-electron chi connectivity index (χ4n) is 3.30. The summed E-state index contributed by atoms with van der Waals surface area (Å²) in [4.78, 5) is 16.5. The zero-order valence-electron chi connectivity index (χ0n) is 15.1. The van der Waals surface area contributed by atoms with Crippen LogP contribution in [0.25, 0.3) is 0 Å². The van der Waals surface area contributed by atoms with Gasteiger partial charge in [0.1, 0.15) is 11.5 Å². The van der Waals surface area contributed by atoms with Crippen molar-refractivity contribution in [3.63, 3.8) is 0 Å². The first-order valence-electron chi connectivity index (χ1n) is 8.74. The summed E-state index contributed by atoms with van der Waals surface area (Å²) in [6.45, 7) is 6.83. The van der Waals surface area contributed by atoms with Crippen LogP contribution >= 0.6 is 0 Å². The summed E-state index contributed by atoms with van der Waals surface area (Å²) >= 11 is 0. The molecule has 3 heterocycles. The van der Waals surface area contributed by atoms with E-state index in [1.54, 1.807) is 18.2 Å². The Balaban J connectivity index is 1.59.